The summed E-state index contributed by atoms with van der Waals surface area (Å²) in [4.78, 5) is 9.12. The SMILES string of the molecule is CS(=O)(=O)N1CC(CCF)(n2cc(-c3nc(-c4cn[nH]c4)cc4nccn34)cn2)C1. The van der Waals surface area contributed by atoms with Gasteiger partial charge in [-0.15, -0.1) is 0 Å². The standard InChI is InChI=1S/C18H19FN8O2S/c1-30(28,29)25-11-18(12-25,2-3-19)27-10-14(9-23-27)17-24-15(13-7-21-22-8-13)6-16-20-4-5-26(16)17/h4-10H,2-3,11-12H2,1H3,(H,21,22). The van der Waals surface area contributed by atoms with Gasteiger partial charge in [-0.25, -0.2) is 18.4 Å². The molecule has 0 spiro atoms. The Morgan fingerprint density at radius 1 is 1.27 bits per heavy atom. The molecule has 0 radical (unpaired) electrons. The van der Waals surface area contributed by atoms with Gasteiger partial charge in [0.25, 0.3) is 0 Å². The summed E-state index contributed by atoms with van der Waals surface area (Å²) in [6, 6.07) is 1.86. The molecule has 30 heavy (non-hydrogen) atoms. The summed E-state index contributed by atoms with van der Waals surface area (Å²) < 4.78 is 41.7. The molecular weight excluding hydrogens is 411 g/mol. The molecule has 0 aliphatic carbocycles. The number of nitrogens with zero attached hydrogens (tertiary/aromatic N) is 7. The third-order valence-electron chi connectivity index (χ3n) is 5.48. The molecule has 1 fully saturated rings. The van der Waals surface area contributed by atoms with Crippen molar-refractivity contribution in [2.75, 3.05) is 26.0 Å². The quantitative estimate of drug-likeness (QED) is 0.493. The summed E-state index contributed by atoms with van der Waals surface area (Å²) in [6.45, 7) is -0.174. The van der Waals surface area contributed by atoms with E-state index in [1.54, 1.807) is 41.9 Å². The van der Waals surface area contributed by atoms with E-state index in [-0.39, 0.29) is 19.5 Å². The Hall–Kier alpha value is -3.12. The van der Waals surface area contributed by atoms with Crippen molar-refractivity contribution >= 4 is 15.7 Å². The number of rotatable bonds is 6. The molecule has 12 heteroatoms. The van der Waals surface area contributed by atoms with E-state index in [9.17, 15) is 12.8 Å². The second kappa shape index (κ2) is 6.71. The Morgan fingerprint density at radius 3 is 2.80 bits per heavy atom. The van der Waals surface area contributed by atoms with E-state index in [0.29, 0.717) is 17.2 Å². The summed E-state index contributed by atoms with van der Waals surface area (Å²) in [7, 11) is -3.32. The number of H-pyrrole nitrogens is 1. The van der Waals surface area contributed by atoms with Crippen molar-refractivity contribution in [3.8, 4) is 22.6 Å². The highest BCUT2D eigenvalue weighted by atomic mass is 32.2. The zero-order chi connectivity index (χ0) is 20.9. The largest absolute Gasteiger partial charge is 0.285 e. The monoisotopic (exact) mass is 430 g/mol. The fraction of sp³-hybridized carbons (Fsp3) is 0.333. The van der Waals surface area contributed by atoms with E-state index < -0.39 is 22.2 Å². The number of nitrogens with one attached hydrogen (secondary N) is 1. The molecule has 4 aromatic rings. The lowest BCUT2D eigenvalue weighted by Gasteiger charge is -2.48. The number of hydrogen-bond donors (Lipinski definition) is 1. The Balaban J connectivity index is 1.56. The van der Waals surface area contributed by atoms with E-state index in [1.807, 2.05) is 10.5 Å². The number of aromatic nitrogens is 7. The van der Waals surface area contributed by atoms with E-state index in [0.717, 1.165) is 17.4 Å². The van der Waals surface area contributed by atoms with Gasteiger partial charge in [-0.05, 0) is 0 Å². The van der Waals surface area contributed by atoms with Gasteiger partial charge < -0.3 is 0 Å². The highest BCUT2D eigenvalue weighted by Gasteiger charge is 2.48. The van der Waals surface area contributed by atoms with Crippen LogP contribution in [0.5, 0.6) is 0 Å². The number of aromatic amines is 1. The average Bonchev–Trinajstić information content (AvgIpc) is 3.43. The van der Waals surface area contributed by atoms with Crippen LogP contribution in [0.1, 0.15) is 6.42 Å². The zero-order valence-electron chi connectivity index (χ0n) is 16.1. The molecule has 4 aromatic heterocycles. The maximum atomic E-state index is 13.3. The molecule has 0 aromatic carbocycles. The Kier molecular flexibility index (Phi) is 4.22. The van der Waals surface area contributed by atoms with E-state index in [2.05, 4.69) is 20.3 Å². The lowest BCUT2D eigenvalue weighted by molar-refractivity contribution is 0.0520. The summed E-state index contributed by atoms with van der Waals surface area (Å²) in [5.41, 5.74) is 2.27. The highest BCUT2D eigenvalue weighted by Crippen LogP contribution is 2.35. The van der Waals surface area contributed by atoms with Crippen molar-refractivity contribution in [2.45, 2.75) is 12.0 Å². The molecule has 0 bridgehead atoms. The van der Waals surface area contributed by atoms with Crippen molar-refractivity contribution in [3.63, 3.8) is 0 Å². The Morgan fingerprint density at radius 2 is 2.10 bits per heavy atom. The summed E-state index contributed by atoms with van der Waals surface area (Å²) in [5.74, 6) is 0.627. The van der Waals surface area contributed by atoms with Gasteiger partial charge in [-0.2, -0.15) is 14.5 Å². The van der Waals surface area contributed by atoms with Crippen molar-refractivity contribution in [1.82, 2.24) is 38.7 Å². The molecule has 0 atom stereocenters. The van der Waals surface area contributed by atoms with Gasteiger partial charge in [-0.3, -0.25) is 18.6 Å². The normalized spacial score (nSPS) is 16.7. The van der Waals surface area contributed by atoms with Gasteiger partial charge >= 0.3 is 0 Å². The minimum absolute atomic E-state index is 0.184. The van der Waals surface area contributed by atoms with Gasteiger partial charge in [0, 0.05) is 55.9 Å². The van der Waals surface area contributed by atoms with E-state index in [4.69, 9.17) is 4.98 Å². The molecule has 1 aliphatic rings. The minimum atomic E-state index is -3.32. The van der Waals surface area contributed by atoms with Crippen molar-refractivity contribution in [3.05, 3.63) is 43.2 Å². The Bertz CT molecular complexity index is 1310. The average molecular weight is 430 g/mol. The van der Waals surface area contributed by atoms with E-state index >= 15 is 0 Å². The topological polar surface area (TPSA) is 114 Å². The van der Waals surface area contributed by atoms with Crippen LogP contribution < -0.4 is 0 Å². The first-order valence-electron chi connectivity index (χ1n) is 9.29. The molecule has 1 aliphatic heterocycles. The number of hydrogen-bond acceptors (Lipinski definition) is 6. The predicted octanol–water partition coefficient (Wildman–Crippen LogP) is 1.31. The summed E-state index contributed by atoms with van der Waals surface area (Å²) >= 11 is 0. The van der Waals surface area contributed by atoms with Gasteiger partial charge in [0.1, 0.15) is 11.5 Å². The molecular formula is C18H19FN8O2S. The van der Waals surface area contributed by atoms with E-state index in [1.165, 1.54) is 4.31 Å². The van der Waals surface area contributed by atoms with Crippen LogP contribution in [-0.2, 0) is 15.6 Å². The molecule has 1 saturated heterocycles. The molecule has 5 rings (SSSR count). The molecule has 0 amide bonds. The smallest absolute Gasteiger partial charge is 0.211 e. The van der Waals surface area contributed by atoms with Crippen LogP contribution in [0, 0.1) is 0 Å². The van der Waals surface area contributed by atoms with Crippen LogP contribution in [0.3, 0.4) is 0 Å². The lowest BCUT2D eigenvalue weighted by Crippen LogP contribution is -2.64. The predicted molar refractivity (Wildman–Crippen MR) is 107 cm³/mol. The maximum absolute atomic E-state index is 13.3. The van der Waals surface area contributed by atoms with Crippen LogP contribution in [0.25, 0.3) is 28.3 Å². The van der Waals surface area contributed by atoms with Gasteiger partial charge in [0.15, 0.2) is 0 Å². The highest BCUT2D eigenvalue weighted by molar-refractivity contribution is 7.88. The number of alkyl halides is 1. The first kappa shape index (κ1) is 18.9. The molecule has 5 heterocycles. The third kappa shape index (κ3) is 2.99. The third-order valence-corrected chi connectivity index (χ3v) is 6.68. The number of sulfonamides is 1. The lowest BCUT2D eigenvalue weighted by atomic mass is 9.89. The number of halogens is 1. The second-order valence-corrected chi connectivity index (χ2v) is 9.46. The van der Waals surface area contributed by atoms with Gasteiger partial charge in [0.05, 0.1) is 42.1 Å². The van der Waals surface area contributed by atoms with Gasteiger partial charge in [0.2, 0.25) is 10.0 Å². The minimum Gasteiger partial charge on any atom is -0.285 e. The van der Waals surface area contributed by atoms with Gasteiger partial charge in [-0.1, -0.05) is 0 Å². The maximum Gasteiger partial charge on any atom is 0.211 e. The zero-order valence-corrected chi connectivity index (χ0v) is 16.9. The molecule has 10 nitrogen and oxygen atoms in total. The van der Waals surface area contributed by atoms with Crippen LogP contribution >= 0.6 is 0 Å². The van der Waals surface area contributed by atoms with Crippen LogP contribution in [0.15, 0.2) is 43.2 Å². The van der Waals surface area contributed by atoms with Crippen molar-refractivity contribution in [2.24, 2.45) is 0 Å². The van der Waals surface area contributed by atoms with Crippen molar-refractivity contribution < 1.29 is 12.8 Å². The second-order valence-electron chi connectivity index (χ2n) is 7.48. The molecule has 0 unspecified atom stereocenters. The van der Waals surface area contributed by atoms with Crippen LogP contribution in [-0.4, -0.2) is 73.1 Å². The summed E-state index contributed by atoms with van der Waals surface area (Å²) in [5, 5.41) is 11.2. The van der Waals surface area contributed by atoms with Crippen LogP contribution in [0.2, 0.25) is 0 Å². The summed E-state index contributed by atoms with van der Waals surface area (Å²) in [6.07, 6.45) is 11.7. The molecule has 156 valence electrons. The number of imidazole rings is 1. The first-order chi connectivity index (χ1) is 14.4. The van der Waals surface area contributed by atoms with Crippen LogP contribution in [0.4, 0.5) is 4.39 Å². The molecule has 1 N–H and O–H groups in total. The number of fused-ring (bicyclic) bond motifs is 1. The fourth-order valence-corrected chi connectivity index (χ4v) is 4.75. The molecule has 0 saturated carbocycles. The first-order valence-corrected chi connectivity index (χ1v) is 11.1. The van der Waals surface area contributed by atoms with Crippen molar-refractivity contribution in [1.29, 1.82) is 0 Å². The Labute approximate surface area is 171 Å². The fourth-order valence-electron chi connectivity index (χ4n) is 3.80.